The zero-order valence-corrected chi connectivity index (χ0v) is 10.6. The summed E-state index contributed by atoms with van der Waals surface area (Å²) in [5.74, 6) is -0.670. The molecule has 0 unspecified atom stereocenters. The Balaban J connectivity index is 2.28. The average molecular weight is 272 g/mol. The summed E-state index contributed by atoms with van der Waals surface area (Å²) in [5.41, 5.74) is 0.298. The normalized spacial score (nSPS) is 10.8. The Morgan fingerprint density at radius 2 is 1.70 bits per heavy atom. The zero-order valence-electron chi connectivity index (χ0n) is 10.6. The van der Waals surface area contributed by atoms with Gasteiger partial charge in [0.05, 0.1) is 0 Å². The minimum Gasteiger partial charge on any atom is -0.272 e. The predicted octanol–water partition coefficient (Wildman–Crippen LogP) is 2.92. The molecular weight excluding hydrogens is 262 g/mol. The van der Waals surface area contributed by atoms with Crippen molar-refractivity contribution in [2.45, 2.75) is 6.92 Å². The topological polar surface area (TPSA) is 43.6 Å². The number of rotatable bonds is 2. The molecule has 0 fully saturated rings. The third-order valence-corrected chi connectivity index (χ3v) is 2.88. The monoisotopic (exact) mass is 272 g/mol. The van der Waals surface area contributed by atoms with Crippen LogP contribution in [-0.2, 0) is 0 Å². The summed E-state index contributed by atoms with van der Waals surface area (Å²) in [7, 11) is 0. The van der Waals surface area contributed by atoms with Crippen molar-refractivity contribution in [3.05, 3.63) is 60.1 Å². The van der Waals surface area contributed by atoms with Gasteiger partial charge in [0.15, 0.2) is 5.82 Å². The maximum absolute atomic E-state index is 14.0. The summed E-state index contributed by atoms with van der Waals surface area (Å²) in [6, 6.07) is 8.93. The van der Waals surface area contributed by atoms with Crippen LogP contribution in [-0.4, -0.2) is 19.7 Å². The first kappa shape index (κ1) is 12.4. The van der Waals surface area contributed by atoms with Crippen LogP contribution in [0.4, 0.5) is 8.78 Å². The first-order valence-electron chi connectivity index (χ1n) is 5.96. The van der Waals surface area contributed by atoms with E-state index in [1.807, 2.05) is 0 Å². The minimum absolute atomic E-state index is 0.198. The van der Waals surface area contributed by atoms with Crippen LogP contribution in [0.5, 0.6) is 0 Å². The number of benzene rings is 1. The molecule has 100 valence electrons. The van der Waals surface area contributed by atoms with Gasteiger partial charge in [0.25, 0.3) is 0 Å². The standard InChI is InChI=1S/C14H10F2N4/c1-9-18-19-14(12-7-2-3-8-17-12)20(9)13-10(15)5-4-6-11(13)16/h2-8H,1H3. The van der Waals surface area contributed by atoms with E-state index in [1.165, 1.54) is 22.8 Å². The number of pyridine rings is 1. The van der Waals surface area contributed by atoms with Crippen molar-refractivity contribution in [1.29, 1.82) is 0 Å². The molecule has 0 aliphatic heterocycles. The molecule has 0 saturated heterocycles. The molecule has 20 heavy (non-hydrogen) atoms. The van der Waals surface area contributed by atoms with Crippen LogP contribution in [0, 0.1) is 18.6 Å². The lowest BCUT2D eigenvalue weighted by atomic mass is 10.2. The van der Waals surface area contributed by atoms with Crippen molar-refractivity contribution in [3.63, 3.8) is 0 Å². The Kier molecular flexibility index (Phi) is 2.98. The highest BCUT2D eigenvalue weighted by atomic mass is 19.1. The molecule has 0 atom stereocenters. The molecule has 0 bridgehead atoms. The Morgan fingerprint density at radius 3 is 2.35 bits per heavy atom. The van der Waals surface area contributed by atoms with Gasteiger partial charge in [-0.25, -0.2) is 8.78 Å². The van der Waals surface area contributed by atoms with Gasteiger partial charge in [-0.3, -0.25) is 9.55 Å². The van der Waals surface area contributed by atoms with Crippen LogP contribution in [0.2, 0.25) is 0 Å². The second kappa shape index (κ2) is 4.80. The Labute approximate surface area is 113 Å². The molecule has 2 heterocycles. The zero-order chi connectivity index (χ0) is 14.1. The summed E-state index contributed by atoms with van der Waals surface area (Å²) in [4.78, 5) is 4.14. The van der Waals surface area contributed by atoms with Gasteiger partial charge in [-0.1, -0.05) is 12.1 Å². The number of aryl methyl sites for hydroxylation is 1. The van der Waals surface area contributed by atoms with Gasteiger partial charge >= 0.3 is 0 Å². The smallest absolute Gasteiger partial charge is 0.187 e. The van der Waals surface area contributed by atoms with E-state index in [0.29, 0.717) is 17.3 Å². The van der Waals surface area contributed by atoms with E-state index in [-0.39, 0.29) is 5.69 Å². The average Bonchev–Trinajstić information content (AvgIpc) is 2.82. The highest BCUT2D eigenvalue weighted by Gasteiger charge is 2.19. The molecule has 0 aliphatic rings. The fourth-order valence-electron chi connectivity index (χ4n) is 1.99. The maximum Gasteiger partial charge on any atom is 0.187 e. The van der Waals surface area contributed by atoms with Gasteiger partial charge in [-0.2, -0.15) is 0 Å². The Bertz CT molecular complexity index is 733. The third-order valence-electron chi connectivity index (χ3n) is 2.88. The van der Waals surface area contributed by atoms with Crippen LogP contribution in [0.3, 0.4) is 0 Å². The summed E-state index contributed by atoms with van der Waals surface area (Å²) >= 11 is 0. The lowest BCUT2D eigenvalue weighted by Gasteiger charge is -2.10. The molecule has 1 aromatic carbocycles. The highest BCUT2D eigenvalue weighted by Crippen LogP contribution is 2.24. The fraction of sp³-hybridized carbons (Fsp3) is 0.0714. The van der Waals surface area contributed by atoms with Gasteiger partial charge in [-0.05, 0) is 31.2 Å². The van der Waals surface area contributed by atoms with Crippen LogP contribution >= 0.6 is 0 Å². The number of halogens is 2. The Hall–Kier alpha value is -2.63. The molecule has 0 saturated carbocycles. The quantitative estimate of drug-likeness (QED) is 0.720. The lowest BCUT2D eigenvalue weighted by Crippen LogP contribution is -2.06. The van der Waals surface area contributed by atoms with Crippen molar-refractivity contribution in [2.75, 3.05) is 0 Å². The molecule has 0 N–H and O–H groups in total. The molecule has 3 aromatic rings. The van der Waals surface area contributed by atoms with Gasteiger partial charge in [0.2, 0.25) is 0 Å². The number of nitrogens with zero attached hydrogens (tertiary/aromatic N) is 4. The third kappa shape index (κ3) is 1.95. The number of aromatic nitrogens is 4. The SMILES string of the molecule is Cc1nnc(-c2ccccn2)n1-c1c(F)cccc1F. The van der Waals surface area contributed by atoms with Crippen molar-refractivity contribution in [1.82, 2.24) is 19.7 Å². The largest absolute Gasteiger partial charge is 0.272 e. The summed E-state index contributed by atoms with van der Waals surface area (Å²) in [6.45, 7) is 1.63. The van der Waals surface area contributed by atoms with E-state index < -0.39 is 11.6 Å². The van der Waals surface area contributed by atoms with Gasteiger partial charge in [0.1, 0.15) is 28.8 Å². The maximum atomic E-state index is 14.0. The molecule has 0 aliphatic carbocycles. The van der Waals surface area contributed by atoms with Crippen molar-refractivity contribution in [3.8, 4) is 17.2 Å². The van der Waals surface area contributed by atoms with Crippen molar-refractivity contribution >= 4 is 0 Å². The van der Waals surface area contributed by atoms with Crippen LogP contribution in [0.1, 0.15) is 5.82 Å². The van der Waals surface area contributed by atoms with E-state index in [0.717, 1.165) is 0 Å². The fourth-order valence-corrected chi connectivity index (χ4v) is 1.99. The second-order valence-electron chi connectivity index (χ2n) is 4.19. The van der Waals surface area contributed by atoms with Gasteiger partial charge in [0, 0.05) is 6.20 Å². The number of hydrogen-bond donors (Lipinski definition) is 0. The highest BCUT2D eigenvalue weighted by molar-refractivity contribution is 5.54. The van der Waals surface area contributed by atoms with Gasteiger partial charge < -0.3 is 0 Å². The number of para-hydroxylation sites is 1. The molecule has 6 heteroatoms. The van der Waals surface area contributed by atoms with Gasteiger partial charge in [-0.15, -0.1) is 10.2 Å². The van der Waals surface area contributed by atoms with E-state index in [2.05, 4.69) is 15.2 Å². The summed E-state index contributed by atoms with van der Waals surface area (Å²) in [5, 5.41) is 7.85. The molecule has 2 aromatic heterocycles. The lowest BCUT2D eigenvalue weighted by molar-refractivity contribution is 0.567. The molecule has 0 amide bonds. The molecule has 4 nitrogen and oxygen atoms in total. The van der Waals surface area contributed by atoms with Crippen molar-refractivity contribution in [2.24, 2.45) is 0 Å². The number of hydrogen-bond acceptors (Lipinski definition) is 3. The van der Waals surface area contributed by atoms with E-state index in [4.69, 9.17) is 0 Å². The summed E-state index contributed by atoms with van der Waals surface area (Å²) < 4.78 is 29.2. The molecular formula is C14H10F2N4. The Morgan fingerprint density at radius 1 is 0.950 bits per heavy atom. The second-order valence-corrected chi connectivity index (χ2v) is 4.19. The van der Waals surface area contributed by atoms with Crippen molar-refractivity contribution < 1.29 is 8.78 Å². The molecule has 0 radical (unpaired) electrons. The van der Waals surface area contributed by atoms with E-state index in [1.54, 1.807) is 31.3 Å². The first-order valence-corrected chi connectivity index (χ1v) is 5.96. The van der Waals surface area contributed by atoms with Crippen LogP contribution in [0.15, 0.2) is 42.6 Å². The van der Waals surface area contributed by atoms with E-state index >= 15 is 0 Å². The summed E-state index contributed by atoms with van der Waals surface area (Å²) in [6.07, 6.45) is 1.58. The predicted molar refractivity (Wildman–Crippen MR) is 69.2 cm³/mol. The molecule has 3 rings (SSSR count). The first-order chi connectivity index (χ1) is 9.68. The van der Waals surface area contributed by atoms with E-state index in [9.17, 15) is 8.78 Å². The minimum atomic E-state index is -0.676. The van der Waals surface area contributed by atoms with Crippen LogP contribution < -0.4 is 0 Å². The molecule has 0 spiro atoms. The van der Waals surface area contributed by atoms with Crippen LogP contribution in [0.25, 0.3) is 17.2 Å².